The van der Waals surface area contributed by atoms with Gasteiger partial charge in [-0.3, -0.25) is 4.90 Å². The number of rotatable bonds is 2. The number of hydrogen-bond donors (Lipinski definition) is 0. The van der Waals surface area contributed by atoms with Gasteiger partial charge >= 0.3 is 6.03 Å². The van der Waals surface area contributed by atoms with E-state index in [-0.39, 0.29) is 12.1 Å². The van der Waals surface area contributed by atoms with Crippen LogP contribution in [0.2, 0.25) is 10.0 Å². The number of amides is 2. The van der Waals surface area contributed by atoms with Gasteiger partial charge in [0, 0.05) is 25.8 Å². The van der Waals surface area contributed by atoms with Crippen molar-refractivity contribution in [3.63, 3.8) is 0 Å². The molecule has 0 N–H and O–H groups in total. The molecule has 0 saturated heterocycles. The Morgan fingerprint density at radius 2 is 1.76 bits per heavy atom. The third kappa shape index (κ3) is 3.27. The number of halogens is 2. The van der Waals surface area contributed by atoms with Crippen molar-refractivity contribution in [2.45, 2.75) is 19.9 Å². The molecule has 1 aromatic rings. The lowest BCUT2D eigenvalue weighted by Gasteiger charge is -2.29. The van der Waals surface area contributed by atoms with Crippen molar-refractivity contribution in [3.05, 3.63) is 28.2 Å². The van der Waals surface area contributed by atoms with E-state index in [9.17, 15) is 4.79 Å². The molecule has 3 nitrogen and oxygen atoms in total. The van der Waals surface area contributed by atoms with E-state index in [1.807, 2.05) is 13.8 Å². The Morgan fingerprint density at radius 3 is 2.18 bits per heavy atom. The summed E-state index contributed by atoms with van der Waals surface area (Å²) >= 11 is 11.8. The zero-order chi connectivity index (χ0) is 13.2. The molecule has 0 unspecified atom stereocenters. The second-order valence-electron chi connectivity index (χ2n) is 4.24. The zero-order valence-electron chi connectivity index (χ0n) is 10.4. The summed E-state index contributed by atoms with van der Waals surface area (Å²) in [6.07, 6.45) is 0. The van der Waals surface area contributed by atoms with E-state index >= 15 is 0 Å². The average molecular weight is 275 g/mol. The molecule has 0 aliphatic rings. The number of urea groups is 1. The Morgan fingerprint density at radius 1 is 1.18 bits per heavy atom. The van der Waals surface area contributed by atoms with Crippen LogP contribution in [-0.4, -0.2) is 31.1 Å². The number of nitrogens with zero attached hydrogens (tertiary/aromatic N) is 2. The molecule has 0 spiro atoms. The molecule has 0 fully saturated rings. The standard InChI is InChI=1S/C12H16Cl2N2O/c1-8(2)16(12(17)15(3)4)9-5-6-10(13)11(14)7-9/h5-8H,1-4H3. The van der Waals surface area contributed by atoms with Gasteiger partial charge in [-0.15, -0.1) is 0 Å². The van der Waals surface area contributed by atoms with Crippen molar-refractivity contribution in [2.75, 3.05) is 19.0 Å². The molecule has 0 bridgehead atoms. The number of carbonyl (C=O) groups is 1. The predicted molar refractivity (Wildman–Crippen MR) is 73.2 cm³/mol. The van der Waals surface area contributed by atoms with Gasteiger partial charge < -0.3 is 4.90 Å². The number of carbonyl (C=O) groups excluding carboxylic acids is 1. The number of benzene rings is 1. The van der Waals surface area contributed by atoms with Crippen LogP contribution in [0.4, 0.5) is 10.5 Å². The van der Waals surface area contributed by atoms with Crippen LogP contribution in [0.15, 0.2) is 18.2 Å². The summed E-state index contributed by atoms with van der Waals surface area (Å²) in [5.41, 5.74) is 0.744. The molecule has 94 valence electrons. The van der Waals surface area contributed by atoms with Crippen molar-refractivity contribution in [2.24, 2.45) is 0 Å². The monoisotopic (exact) mass is 274 g/mol. The van der Waals surface area contributed by atoms with E-state index < -0.39 is 0 Å². The van der Waals surface area contributed by atoms with E-state index in [2.05, 4.69) is 0 Å². The highest BCUT2D eigenvalue weighted by molar-refractivity contribution is 6.42. The largest absolute Gasteiger partial charge is 0.330 e. The lowest BCUT2D eigenvalue weighted by Crippen LogP contribution is -2.43. The Labute approximate surface area is 112 Å². The first-order valence-electron chi connectivity index (χ1n) is 5.30. The Hall–Kier alpha value is -0.930. The molecule has 0 aromatic heterocycles. The fraction of sp³-hybridized carbons (Fsp3) is 0.417. The molecule has 0 radical (unpaired) electrons. The van der Waals surface area contributed by atoms with E-state index in [4.69, 9.17) is 23.2 Å². The molecular formula is C12H16Cl2N2O. The fourth-order valence-corrected chi connectivity index (χ4v) is 1.77. The normalized spacial score (nSPS) is 10.5. The first-order chi connectivity index (χ1) is 7.84. The van der Waals surface area contributed by atoms with Gasteiger partial charge in [0.1, 0.15) is 0 Å². The van der Waals surface area contributed by atoms with E-state index in [0.717, 1.165) is 5.69 Å². The summed E-state index contributed by atoms with van der Waals surface area (Å²) < 4.78 is 0. The van der Waals surface area contributed by atoms with Crippen LogP contribution in [0.1, 0.15) is 13.8 Å². The minimum absolute atomic E-state index is 0.0437. The smallest absolute Gasteiger partial charge is 0.324 e. The van der Waals surface area contributed by atoms with E-state index in [1.165, 1.54) is 4.90 Å². The number of hydrogen-bond acceptors (Lipinski definition) is 1. The van der Waals surface area contributed by atoms with Gasteiger partial charge in [0.25, 0.3) is 0 Å². The molecule has 0 aliphatic carbocycles. The first-order valence-corrected chi connectivity index (χ1v) is 6.05. The summed E-state index contributed by atoms with van der Waals surface area (Å²) in [6.45, 7) is 3.90. The van der Waals surface area contributed by atoms with Crippen LogP contribution in [0.25, 0.3) is 0 Å². The molecule has 5 heteroatoms. The minimum Gasteiger partial charge on any atom is -0.330 e. The first kappa shape index (κ1) is 14.1. The minimum atomic E-state index is -0.0848. The molecule has 0 aliphatic heterocycles. The summed E-state index contributed by atoms with van der Waals surface area (Å²) in [5, 5.41) is 0.929. The maximum absolute atomic E-state index is 12.1. The van der Waals surface area contributed by atoms with E-state index in [1.54, 1.807) is 37.2 Å². The van der Waals surface area contributed by atoms with Gasteiger partial charge in [0.2, 0.25) is 0 Å². The molecule has 1 aromatic carbocycles. The lowest BCUT2D eigenvalue weighted by atomic mass is 10.2. The topological polar surface area (TPSA) is 23.6 Å². The zero-order valence-corrected chi connectivity index (χ0v) is 11.9. The van der Waals surface area contributed by atoms with Gasteiger partial charge in [-0.1, -0.05) is 23.2 Å². The highest BCUT2D eigenvalue weighted by Gasteiger charge is 2.21. The maximum Gasteiger partial charge on any atom is 0.324 e. The van der Waals surface area contributed by atoms with Crippen LogP contribution >= 0.6 is 23.2 Å². The van der Waals surface area contributed by atoms with Crippen LogP contribution in [0.5, 0.6) is 0 Å². The molecule has 1 rings (SSSR count). The van der Waals surface area contributed by atoms with Crippen LogP contribution in [-0.2, 0) is 0 Å². The van der Waals surface area contributed by atoms with Crippen LogP contribution < -0.4 is 4.90 Å². The lowest BCUT2D eigenvalue weighted by molar-refractivity contribution is 0.222. The van der Waals surface area contributed by atoms with Gasteiger partial charge in [0.05, 0.1) is 10.0 Å². The molecule has 2 amide bonds. The van der Waals surface area contributed by atoms with Gasteiger partial charge in [-0.05, 0) is 32.0 Å². The third-order valence-corrected chi connectivity index (χ3v) is 3.03. The Balaban J connectivity index is 3.14. The fourth-order valence-electron chi connectivity index (χ4n) is 1.48. The summed E-state index contributed by atoms with van der Waals surface area (Å²) in [5.74, 6) is 0. The van der Waals surface area contributed by atoms with Crippen molar-refractivity contribution in [1.29, 1.82) is 0 Å². The molecule has 17 heavy (non-hydrogen) atoms. The number of anilines is 1. The molecule has 0 saturated carbocycles. The van der Waals surface area contributed by atoms with E-state index in [0.29, 0.717) is 10.0 Å². The molecule has 0 atom stereocenters. The summed E-state index contributed by atoms with van der Waals surface area (Å²) in [6, 6.07) is 5.14. The van der Waals surface area contributed by atoms with Gasteiger partial charge in [-0.25, -0.2) is 4.79 Å². The molecular weight excluding hydrogens is 259 g/mol. The van der Waals surface area contributed by atoms with Crippen LogP contribution in [0, 0.1) is 0 Å². The third-order valence-electron chi connectivity index (χ3n) is 2.29. The Bertz CT molecular complexity index is 419. The SMILES string of the molecule is CC(C)N(C(=O)N(C)C)c1ccc(Cl)c(Cl)c1. The quantitative estimate of drug-likeness (QED) is 0.803. The maximum atomic E-state index is 12.1. The van der Waals surface area contributed by atoms with Crippen molar-refractivity contribution < 1.29 is 4.79 Å². The van der Waals surface area contributed by atoms with Gasteiger partial charge in [-0.2, -0.15) is 0 Å². The van der Waals surface area contributed by atoms with Crippen molar-refractivity contribution in [1.82, 2.24) is 4.90 Å². The predicted octanol–water partition coefficient (Wildman–Crippen LogP) is 3.89. The highest BCUT2D eigenvalue weighted by atomic mass is 35.5. The highest BCUT2D eigenvalue weighted by Crippen LogP contribution is 2.28. The Kier molecular flexibility index (Phi) is 4.66. The van der Waals surface area contributed by atoms with Crippen molar-refractivity contribution in [3.8, 4) is 0 Å². The summed E-state index contributed by atoms with van der Waals surface area (Å²) in [7, 11) is 3.43. The summed E-state index contributed by atoms with van der Waals surface area (Å²) in [4.78, 5) is 15.3. The van der Waals surface area contributed by atoms with Gasteiger partial charge in [0.15, 0.2) is 0 Å². The average Bonchev–Trinajstić information content (AvgIpc) is 2.22. The molecule has 0 heterocycles. The van der Waals surface area contributed by atoms with Crippen LogP contribution in [0.3, 0.4) is 0 Å². The van der Waals surface area contributed by atoms with Crippen molar-refractivity contribution >= 4 is 34.9 Å². The second kappa shape index (κ2) is 5.61. The second-order valence-corrected chi connectivity index (χ2v) is 5.05.